The molecule has 1 aliphatic rings. The normalized spacial score (nSPS) is 14.1. The largest absolute Gasteiger partial charge is 0.417 e. The Bertz CT molecular complexity index is 1540. The van der Waals surface area contributed by atoms with Crippen LogP contribution < -0.4 is 5.32 Å². The fraction of sp³-hybridized carbons (Fsp3) is 0.480. The standard InChI is InChI=1S/C25H29F3N8O/c1-12-18(15(4)34(6)31-12)10-35-16(5)23(14(3)33-35)30-21(37)11-36-24-22(13(2)32-36)19(25(26,27)28)9-20(29-24)17-7-8-17/h9,17H,7-8,10-11H2,1-6H3,(H,30,37). The van der Waals surface area contributed by atoms with Crippen molar-refractivity contribution in [2.75, 3.05) is 5.32 Å². The van der Waals surface area contributed by atoms with Crippen molar-refractivity contribution in [3.8, 4) is 0 Å². The lowest BCUT2D eigenvalue weighted by atomic mass is 10.1. The summed E-state index contributed by atoms with van der Waals surface area (Å²) in [5.74, 6) is -0.401. The molecule has 5 rings (SSSR count). The van der Waals surface area contributed by atoms with E-state index in [2.05, 4.69) is 25.6 Å². The molecule has 0 aromatic carbocycles. The molecule has 1 saturated carbocycles. The van der Waals surface area contributed by atoms with Crippen molar-refractivity contribution in [3.63, 3.8) is 0 Å². The number of aryl methyl sites for hydroxylation is 4. The van der Waals surface area contributed by atoms with E-state index in [9.17, 15) is 18.0 Å². The zero-order chi connectivity index (χ0) is 26.8. The number of anilines is 1. The smallest absolute Gasteiger partial charge is 0.321 e. The van der Waals surface area contributed by atoms with Crippen molar-refractivity contribution in [2.24, 2.45) is 7.05 Å². The molecule has 1 N–H and O–H groups in total. The highest BCUT2D eigenvalue weighted by molar-refractivity contribution is 5.93. The molecule has 4 aromatic rings. The van der Waals surface area contributed by atoms with Gasteiger partial charge in [-0.3, -0.25) is 14.2 Å². The van der Waals surface area contributed by atoms with Crippen LogP contribution in [0.2, 0.25) is 0 Å². The van der Waals surface area contributed by atoms with Crippen molar-refractivity contribution in [1.82, 2.24) is 34.3 Å². The number of hydrogen-bond donors (Lipinski definition) is 1. The maximum Gasteiger partial charge on any atom is 0.417 e. The monoisotopic (exact) mass is 514 g/mol. The lowest BCUT2D eigenvalue weighted by Crippen LogP contribution is -2.21. The first-order chi connectivity index (χ1) is 17.3. The molecule has 1 amide bonds. The number of fused-ring (bicyclic) bond motifs is 1. The van der Waals surface area contributed by atoms with Gasteiger partial charge in [0.05, 0.1) is 46.0 Å². The molecule has 4 heterocycles. The van der Waals surface area contributed by atoms with Crippen molar-refractivity contribution < 1.29 is 18.0 Å². The minimum Gasteiger partial charge on any atom is -0.321 e. The number of nitrogens with one attached hydrogen (secondary N) is 1. The van der Waals surface area contributed by atoms with Gasteiger partial charge in [0.25, 0.3) is 0 Å². The van der Waals surface area contributed by atoms with E-state index >= 15 is 0 Å². The number of rotatable bonds is 6. The van der Waals surface area contributed by atoms with E-state index < -0.39 is 17.6 Å². The van der Waals surface area contributed by atoms with E-state index in [0.717, 1.165) is 41.6 Å². The van der Waals surface area contributed by atoms with Gasteiger partial charge in [0, 0.05) is 29.9 Å². The van der Waals surface area contributed by atoms with Crippen molar-refractivity contribution in [3.05, 3.63) is 51.4 Å². The van der Waals surface area contributed by atoms with Crippen LogP contribution in [0.3, 0.4) is 0 Å². The number of amides is 1. The average Bonchev–Trinajstić information content (AvgIpc) is 3.53. The summed E-state index contributed by atoms with van der Waals surface area (Å²) < 4.78 is 46.5. The maximum atomic E-state index is 13.9. The third-order valence-corrected chi connectivity index (χ3v) is 7.10. The maximum absolute atomic E-state index is 13.9. The Balaban J connectivity index is 1.43. The highest BCUT2D eigenvalue weighted by Gasteiger charge is 2.37. The van der Waals surface area contributed by atoms with Crippen LogP contribution in [-0.4, -0.2) is 40.2 Å². The third-order valence-electron chi connectivity index (χ3n) is 7.10. The molecule has 0 unspecified atom stereocenters. The highest BCUT2D eigenvalue weighted by atomic mass is 19.4. The molecule has 1 aliphatic carbocycles. The van der Waals surface area contributed by atoms with Gasteiger partial charge >= 0.3 is 6.18 Å². The fourth-order valence-electron chi connectivity index (χ4n) is 4.84. The minimum atomic E-state index is -4.54. The lowest BCUT2D eigenvalue weighted by molar-refractivity contribution is -0.136. The number of pyridine rings is 1. The molecule has 1 fully saturated rings. The zero-order valence-electron chi connectivity index (χ0n) is 21.7. The number of alkyl halides is 3. The van der Waals surface area contributed by atoms with E-state index in [1.54, 1.807) is 6.92 Å². The molecular formula is C25H29F3N8O. The van der Waals surface area contributed by atoms with E-state index in [4.69, 9.17) is 0 Å². The van der Waals surface area contributed by atoms with Crippen LogP contribution in [0.1, 0.15) is 64.1 Å². The molecular weight excluding hydrogens is 485 g/mol. The van der Waals surface area contributed by atoms with Gasteiger partial charge in [-0.1, -0.05) is 0 Å². The van der Waals surface area contributed by atoms with Gasteiger partial charge in [-0.25, -0.2) is 9.67 Å². The molecule has 0 spiro atoms. The molecule has 37 heavy (non-hydrogen) atoms. The first-order valence-corrected chi connectivity index (χ1v) is 12.1. The Morgan fingerprint density at radius 3 is 2.27 bits per heavy atom. The topological polar surface area (TPSA) is 95.5 Å². The highest BCUT2D eigenvalue weighted by Crippen LogP contribution is 2.43. The molecule has 0 saturated heterocycles. The van der Waals surface area contributed by atoms with Crippen LogP contribution in [0.15, 0.2) is 6.07 Å². The van der Waals surface area contributed by atoms with Crippen LogP contribution in [0.4, 0.5) is 18.9 Å². The number of halogens is 3. The molecule has 0 atom stereocenters. The van der Waals surface area contributed by atoms with E-state index in [-0.39, 0.29) is 29.2 Å². The molecule has 0 radical (unpaired) electrons. The van der Waals surface area contributed by atoms with E-state index in [1.807, 2.05) is 37.2 Å². The zero-order valence-corrected chi connectivity index (χ0v) is 21.7. The molecule has 196 valence electrons. The lowest BCUT2D eigenvalue weighted by Gasteiger charge is -2.11. The van der Waals surface area contributed by atoms with Crippen LogP contribution in [0.25, 0.3) is 11.0 Å². The summed E-state index contributed by atoms with van der Waals surface area (Å²) in [6.07, 6.45) is -2.92. The van der Waals surface area contributed by atoms with Crippen LogP contribution in [0, 0.1) is 34.6 Å². The summed E-state index contributed by atoms with van der Waals surface area (Å²) in [5.41, 5.74) is 4.89. The number of carbonyl (C=O) groups is 1. The number of nitrogens with zero attached hydrogens (tertiary/aromatic N) is 7. The predicted octanol–water partition coefficient (Wildman–Crippen LogP) is 4.49. The van der Waals surface area contributed by atoms with Crippen molar-refractivity contribution >= 4 is 22.6 Å². The summed E-state index contributed by atoms with van der Waals surface area (Å²) >= 11 is 0. The van der Waals surface area contributed by atoms with Gasteiger partial charge in [0.15, 0.2) is 5.65 Å². The predicted molar refractivity (Wildman–Crippen MR) is 131 cm³/mol. The quantitative estimate of drug-likeness (QED) is 0.409. The van der Waals surface area contributed by atoms with Gasteiger partial charge in [-0.05, 0) is 53.5 Å². The summed E-state index contributed by atoms with van der Waals surface area (Å²) in [6, 6.07) is 1.13. The molecule has 0 aliphatic heterocycles. The van der Waals surface area contributed by atoms with Crippen LogP contribution >= 0.6 is 0 Å². The first-order valence-electron chi connectivity index (χ1n) is 12.1. The second kappa shape index (κ2) is 8.70. The first kappa shape index (κ1) is 25.0. The average molecular weight is 515 g/mol. The minimum absolute atomic E-state index is 0.0196. The van der Waals surface area contributed by atoms with Crippen LogP contribution in [0.5, 0.6) is 0 Å². The number of carbonyl (C=O) groups excluding carboxylic acids is 1. The summed E-state index contributed by atoms with van der Waals surface area (Å²) in [5, 5.41) is 16.1. The Hall–Kier alpha value is -3.70. The van der Waals surface area contributed by atoms with Gasteiger partial charge in [0.2, 0.25) is 5.91 Å². The Labute approximate surface area is 211 Å². The fourth-order valence-corrected chi connectivity index (χ4v) is 4.84. The molecule has 12 heteroatoms. The summed E-state index contributed by atoms with van der Waals surface area (Å²) in [4.78, 5) is 17.6. The second-order valence-corrected chi connectivity index (χ2v) is 9.83. The second-order valence-electron chi connectivity index (χ2n) is 9.83. The van der Waals surface area contributed by atoms with Crippen molar-refractivity contribution in [1.29, 1.82) is 0 Å². The Morgan fingerprint density at radius 2 is 1.68 bits per heavy atom. The summed E-state index contributed by atoms with van der Waals surface area (Å²) in [7, 11) is 1.89. The van der Waals surface area contributed by atoms with E-state index in [0.29, 0.717) is 23.6 Å². The molecule has 9 nitrogen and oxygen atoms in total. The number of aromatic nitrogens is 7. The Morgan fingerprint density at radius 1 is 1.00 bits per heavy atom. The summed E-state index contributed by atoms with van der Waals surface area (Å²) in [6.45, 7) is 9.34. The van der Waals surface area contributed by atoms with Gasteiger partial charge in [0.1, 0.15) is 6.54 Å². The van der Waals surface area contributed by atoms with Crippen molar-refractivity contribution in [2.45, 2.75) is 72.6 Å². The SMILES string of the molecule is Cc1nn(C)c(C)c1Cn1nc(C)c(NC(=O)Cn2nc(C)c3c(C(F)(F)F)cc(C4CC4)nc32)c1C. The molecule has 4 aromatic heterocycles. The Kier molecular flexibility index (Phi) is 5.87. The third kappa shape index (κ3) is 4.49. The molecule has 0 bridgehead atoms. The van der Waals surface area contributed by atoms with E-state index in [1.165, 1.54) is 11.6 Å². The number of hydrogen-bond acceptors (Lipinski definition) is 5. The van der Waals surface area contributed by atoms with Gasteiger partial charge in [-0.2, -0.15) is 28.5 Å². The van der Waals surface area contributed by atoms with Gasteiger partial charge < -0.3 is 5.32 Å². The van der Waals surface area contributed by atoms with Crippen LogP contribution in [-0.2, 0) is 31.1 Å². The van der Waals surface area contributed by atoms with Gasteiger partial charge in [-0.15, -0.1) is 0 Å².